The average molecular weight is 602 g/mol. The number of aliphatic hydroxyl groups is 3. The van der Waals surface area contributed by atoms with Crippen LogP contribution < -0.4 is 21.1 Å². The fourth-order valence-corrected chi connectivity index (χ4v) is 5.29. The van der Waals surface area contributed by atoms with Crippen LogP contribution in [0.5, 0.6) is 5.75 Å². The third-order valence-corrected chi connectivity index (χ3v) is 8.03. The van der Waals surface area contributed by atoms with Gasteiger partial charge in [-0.3, -0.25) is 4.90 Å². The zero-order chi connectivity index (χ0) is 30.7. The summed E-state index contributed by atoms with van der Waals surface area (Å²) in [7, 11) is -2.30. The summed E-state index contributed by atoms with van der Waals surface area (Å²) in [5, 5.41) is 43.2. The predicted octanol–water partition coefficient (Wildman–Crippen LogP) is 2.99. The first-order valence-electron chi connectivity index (χ1n) is 13.4. The number of aromatic nitrogens is 1. The SMILES string of the molecule is COc1ccc(S(=O)(=O)CCN(CCO)CCO)cc1N=Nc1c(Nc2ccccc2)nc(NCC(C)O)c(N)c1C. The van der Waals surface area contributed by atoms with Gasteiger partial charge in [-0.1, -0.05) is 18.2 Å². The molecule has 0 radical (unpaired) electrons. The summed E-state index contributed by atoms with van der Waals surface area (Å²) in [5.41, 5.74) is 8.51. The van der Waals surface area contributed by atoms with E-state index in [4.69, 9.17) is 10.5 Å². The monoisotopic (exact) mass is 601 g/mol. The Labute approximate surface area is 246 Å². The van der Waals surface area contributed by atoms with Crippen molar-refractivity contribution in [1.29, 1.82) is 0 Å². The van der Waals surface area contributed by atoms with Gasteiger partial charge in [0.05, 0.1) is 42.8 Å². The Balaban J connectivity index is 2.00. The van der Waals surface area contributed by atoms with Crippen molar-refractivity contribution in [2.75, 3.05) is 68.6 Å². The molecule has 1 aromatic heterocycles. The predicted molar refractivity (Wildman–Crippen MR) is 163 cm³/mol. The van der Waals surface area contributed by atoms with Crippen molar-refractivity contribution in [3.8, 4) is 5.75 Å². The third kappa shape index (κ3) is 8.84. The van der Waals surface area contributed by atoms with Crippen LogP contribution in [0.1, 0.15) is 12.5 Å². The number of nitrogens with two attached hydrogens (primary N) is 1. The largest absolute Gasteiger partial charge is 0.494 e. The maximum Gasteiger partial charge on any atom is 0.179 e. The molecular weight excluding hydrogens is 562 g/mol. The van der Waals surface area contributed by atoms with Gasteiger partial charge in [0.2, 0.25) is 0 Å². The normalized spacial score (nSPS) is 12.5. The van der Waals surface area contributed by atoms with Gasteiger partial charge in [-0.2, -0.15) is 0 Å². The summed E-state index contributed by atoms with van der Waals surface area (Å²) in [5.74, 6) is 0.807. The van der Waals surface area contributed by atoms with E-state index in [0.717, 1.165) is 5.69 Å². The smallest absolute Gasteiger partial charge is 0.179 e. The summed E-state index contributed by atoms with van der Waals surface area (Å²) in [6.07, 6.45) is -0.625. The van der Waals surface area contributed by atoms with E-state index in [-0.39, 0.29) is 55.7 Å². The summed E-state index contributed by atoms with van der Waals surface area (Å²) < 4.78 is 31.7. The molecule has 228 valence electrons. The van der Waals surface area contributed by atoms with Crippen molar-refractivity contribution < 1.29 is 28.5 Å². The van der Waals surface area contributed by atoms with Gasteiger partial charge < -0.3 is 36.4 Å². The molecule has 3 rings (SSSR count). The van der Waals surface area contributed by atoms with Crippen LogP contribution in [0.25, 0.3) is 0 Å². The molecule has 3 aromatic rings. The lowest BCUT2D eigenvalue weighted by molar-refractivity contribution is 0.167. The summed E-state index contributed by atoms with van der Waals surface area (Å²) in [4.78, 5) is 6.30. The molecule has 1 unspecified atom stereocenters. The topological polar surface area (TPSA) is 195 Å². The molecule has 1 atom stereocenters. The second-order valence-corrected chi connectivity index (χ2v) is 11.7. The van der Waals surface area contributed by atoms with Crippen molar-refractivity contribution >= 4 is 44.2 Å². The lowest BCUT2D eigenvalue weighted by Gasteiger charge is -2.20. The highest BCUT2D eigenvalue weighted by Gasteiger charge is 2.20. The van der Waals surface area contributed by atoms with Gasteiger partial charge >= 0.3 is 0 Å². The fourth-order valence-electron chi connectivity index (χ4n) is 3.99. The minimum Gasteiger partial charge on any atom is -0.494 e. The number of sulfone groups is 1. The van der Waals surface area contributed by atoms with Crippen molar-refractivity contribution in [2.45, 2.75) is 24.8 Å². The van der Waals surface area contributed by atoms with E-state index < -0.39 is 15.9 Å². The standard InChI is InChI=1S/C28H39N7O6S/c1-19(38)18-30-27-25(29)20(2)26(28(32-27)31-21-7-5-4-6-8-21)34-33-23-17-22(9-10-24(23)41-3)42(39,40)16-13-35(11-14-36)12-15-37/h4-10,17,19,36-38H,11-16,18,29H2,1-3H3,(H2,30,31,32). The lowest BCUT2D eigenvalue weighted by Crippen LogP contribution is -2.34. The molecule has 2 aromatic carbocycles. The molecule has 0 aliphatic heterocycles. The van der Waals surface area contributed by atoms with Gasteiger partial charge in [-0.15, -0.1) is 10.2 Å². The van der Waals surface area contributed by atoms with Crippen LogP contribution >= 0.6 is 0 Å². The Hall–Kier alpha value is -3.82. The molecule has 7 N–H and O–H groups in total. The molecule has 0 saturated carbocycles. The summed E-state index contributed by atoms with van der Waals surface area (Å²) in [6, 6.07) is 13.7. The number of azo groups is 1. The Morgan fingerprint density at radius 3 is 2.36 bits per heavy atom. The van der Waals surface area contributed by atoms with Gasteiger partial charge in [0.25, 0.3) is 0 Å². The minimum atomic E-state index is -3.74. The first kappa shape index (κ1) is 32.7. The molecule has 0 fully saturated rings. The summed E-state index contributed by atoms with van der Waals surface area (Å²) >= 11 is 0. The quantitative estimate of drug-likeness (QED) is 0.132. The fraction of sp³-hybridized carbons (Fsp3) is 0.393. The number of nitrogens with zero attached hydrogens (tertiary/aromatic N) is 4. The second-order valence-electron chi connectivity index (χ2n) is 9.56. The first-order chi connectivity index (χ1) is 20.1. The van der Waals surface area contributed by atoms with Crippen LogP contribution in [0.3, 0.4) is 0 Å². The van der Waals surface area contributed by atoms with Crippen molar-refractivity contribution in [1.82, 2.24) is 9.88 Å². The van der Waals surface area contributed by atoms with E-state index in [1.54, 1.807) is 18.7 Å². The Bertz CT molecular complexity index is 1450. The van der Waals surface area contributed by atoms with Crippen LogP contribution in [-0.4, -0.2) is 92.0 Å². The number of nitrogen functional groups attached to an aromatic ring is 1. The number of hydrogen-bond acceptors (Lipinski definition) is 13. The highest BCUT2D eigenvalue weighted by molar-refractivity contribution is 7.91. The van der Waals surface area contributed by atoms with E-state index in [1.165, 1.54) is 25.3 Å². The van der Waals surface area contributed by atoms with Gasteiger partial charge in [0, 0.05) is 37.4 Å². The van der Waals surface area contributed by atoms with Crippen molar-refractivity contribution in [2.24, 2.45) is 10.2 Å². The number of pyridine rings is 1. The molecule has 0 aliphatic carbocycles. The molecular formula is C28H39N7O6S. The molecule has 1 heterocycles. The lowest BCUT2D eigenvalue weighted by atomic mass is 10.2. The molecule has 0 saturated heterocycles. The maximum absolute atomic E-state index is 13.1. The van der Waals surface area contributed by atoms with Crippen molar-refractivity contribution in [3.05, 3.63) is 54.1 Å². The molecule has 42 heavy (non-hydrogen) atoms. The maximum atomic E-state index is 13.1. The number of aliphatic hydroxyl groups excluding tert-OH is 3. The molecule has 0 aliphatic rings. The number of ether oxygens (including phenoxy) is 1. The number of para-hydroxylation sites is 1. The highest BCUT2D eigenvalue weighted by Crippen LogP contribution is 2.39. The van der Waals surface area contributed by atoms with Gasteiger partial charge in [0.15, 0.2) is 21.5 Å². The molecule has 0 bridgehead atoms. The zero-order valence-corrected chi connectivity index (χ0v) is 24.8. The number of hydrogen-bond donors (Lipinski definition) is 6. The van der Waals surface area contributed by atoms with E-state index >= 15 is 0 Å². The van der Waals surface area contributed by atoms with Crippen LogP contribution in [0.15, 0.2) is 63.7 Å². The third-order valence-electron chi connectivity index (χ3n) is 6.34. The minimum absolute atomic E-state index is 0.0277. The average Bonchev–Trinajstić information content (AvgIpc) is 2.97. The Morgan fingerprint density at radius 1 is 1.05 bits per heavy atom. The van der Waals surface area contributed by atoms with Crippen LogP contribution in [0.2, 0.25) is 0 Å². The van der Waals surface area contributed by atoms with Gasteiger partial charge in [-0.25, -0.2) is 13.4 Å². The number of nitrogens with one attached hydrogen (secondary N) is 2. The first-order valence-corrected chi connectivity index (χ1v) is 15.1. The van der Waals surface area contributed by atoms with E-state index in [1.807, 2.05) is 30.3 Å². The van der Waals surface area contributed by atoms with E-state index in [2.05, 4.69) is 25.8 Å². The van der Waals surface area contributed by atoms with Crippen LogP contribution in [-0.2, 0) is 9.84 Å². The molecule has 0 amide bonds. The van der Waals surface area contributed by atoms with Crippen molar-refractivity contribution in [3.63, 3.8) is 0 Å². The number of anilines is 4. The van der Waals surface area contributed by atoms with Gasteiger partial charge in [0.1, 0.15) is 17.1 Å². The van der Waals surface area contributed by atoms with E-state index in [0.29, 0.717) is 34.3 Å². The zero-order valence-electron chi connectivity index (χ0n) is 24.0. The second kappa shape index (κ2) is 15.4. The Kier molecular flexibility index (Phi) is 12.0. The summed E-state index contributed by atoms with van der Waals surface area (Å²) in [6.45, 7) is 3.98. The number of benzene rings is 2. The van der Waals surface area contributed by atoms with Crippen LogP contribution in [0.4, 0.5) is 34.4 Å². The van der Waals surface area contributed by atoms with E-state index in [9.17, 15) is 23.7 Å². The number of methoxy groups -OCH3 is 1. The molecule has 14 heteroatoms. The van der Waals surface area contributed by atoms with Crippen LogP contribution in [0, 0.1) is 6.92 Å². The van der Waals surface area contributed by atoms with Gasteiger partial charge in [-0.05, 0) is 44.2 Å². The molecule has 13 nitrogen and oxygen atoms in total. The Morgan fingerprint density at radius 2 is 1.74 bits per heavy atom. The number of rotatable bonds is 16. The highest BCUT2D eigenvalue weighted by atomic mass is 32.2. The molecule has 0 spiro atoms.